The van der Waals surface area contributed by atoms with E-state index < -0.39 is 6.10 Å². The van der Waals surface area contributed by atoms with Crippen LogP contribution in [0.4, 0.5) is 0 Å². The van der Waals surface area contributed by atoms with E-state index >= 15 is 0 Å². The predicted octanol–water partition coefficient (Wildman–Crippen LogP) is 2.37. The van der Waals surface area contributed by atoms with E-state index in [2.05, 4.69) is 0 Å². The van der Waals surface area contributed by atoms with Crippen LogP contribution in [0.25, 0.3) is 0 Å². The quantitative estimate of drug-likeness (QED) is 0.870. The molecule has 0 saturated carbocycles. The van der Waals surface area contributed by atoms with Gasteiger partial charge in [-0.25, -0.2) is 0 Å². The molecule has 1 aliphatic heterocycles. The molecule has 0 spiro atoms. The Bertz CT molecular complexity index is 609. The van der Waals surface area contributed by atoms with Gasteiger partial charge in [-0.2, -0.15) is 0 Å². The molecule has 0 aliphatic carbocycles. The van der Waals surface area contributed by atoms with Crippen LogP contribution in [0.2, 0.25) is 0 Å². The Morgan fingerprint density at radius 1 is 1.05 bits per heavy atom. The highest BCUT2D eigenvalue weighted by Gasteiger charge is 2.32. The van der Waals surface area contributed by atoms with Crippen LogP contribution in [0.1, 0.15) is 22.0 Å². The summed E-state index contributed by atoms with van der Waals surface area (Å²) in [6.07, 6.45) is -0.108. The van der Waals surface area contributed by atoms with Crippen molar-refractivity contribution >= 4 is 6.29 Å². The monoisotopic (exact) mass is 270 g/mol. The third-order valence-electron chi connectivity index (χ3n) is 3.28. The zero-order valence-corrected chi connectivity index (χ0v) is 10.7. The van der Waals surface area contributed by atoms with E-state index in [-0.39, 0.29) is 12.7 Å². The largest absolute Gasteiger partial charge is 0.480 e. The fourth-order valence-corrected chi connectivity index (χ4v) is 2.28. The van der Waals surface area contributed by atoms with Crippen molar-refractivity contribution in [3.8, 4) is 11.5 Å². The minimum Gasteiger partial charge on any atom is -0.480 e. The van der Waals surface area contributed by atoms with Crippen molar-refractivity contribution in [1.82, 2.24) is 0 Å². The maximum Gasteiger partial charge on any atom is 0.163 e. The smallest absolute Gasteiger partial charge is 0.163 e. The van der Waals surface area contributed by atoms with E-state index in [1.54, 1.807) is 18.2 Å². The van der Waals surface area contributed by atoms with Gasteiger partial charge in [-0.05, 0) is 23.8 Å². The molecule has 4 heteroatoms. The summed E-state index contributed by atoms with van der Waals surface area (Å²) in [4.78, 5) is 10.8. The molecule has 2 aromatic carbocycles. The van der Waals surface area contributed by atoms with Crippen molar-refractivity contribution in [1.29, 1.82) is 0 Å². The van der Waals surface area contributed by atoms with Crippen LogP contribution >= 0.6 is 0 Å². The summed E-state index contributed by atoms with van der Waals surface area (Å²) in [6.45, 7) is -0.162. The van der Waals surface area contributed by atoms with Gasteiger partial charge in [0.15, 0.2) is 23.7 Å². The van der Waals surface area contributed by atoms with Gasteiger partial charge in [0.05, 0.1) is 6.61 Å². The molecular weight excluding hydrogens is 256 g/mol. The SMILES string of the molecule is O=Cc1ccc2c(c1)O[C@H](CO)[C@@H](c1ccccc1)O2. The van der Waals surface area contributed by atoms with Crippen LogP contribution in [0.5, 0.6) is 11.5 Å². The van der Waals surface area contributed by atoms with Crippen LogP contribution in [0, 0.1) is 0 Å². The fraction of sp³-hybridized carbons (Fsp3) is 0.188. The summed E-state index contributed by atoms with van der Waals surface area (Å²) < 4.78 is 11.7. The lowest BCUT2D eigenvalue weighted by Gasteiger charge is -2.33. The third kappa shape index (κ3) is 2.26. The Kier molecular flexibility index (Phi) is 3.39. The van der Waals surface area contributed by atoms with Crippen molar-refractivity contribution in [2.45, 2.75) is 12.2 Å². The number of hydrogen-bond donors (Lipinski definition) is 1. The van der Waals surface area contributed by atoms with Crippen LogP contribution in [-0.2, 0) is 0 Å². The second-order valence-corrected chi connectivity index (χ2v) is 4.61. The van der Waals surface area contributed by atoms with Crippen LogP contribution in [-0.4, -0.2) is 24.1 Å². The maximum absolute atomic E-state index is 10.8. The predicted molar refractivity (Wildman–Crippen MR) is 73.1 cm³/mol. The number of ether oxygens (including phenoxy) is 2. The summed E-state index contributed by atoms with van der Waals surface area (Å²) in [6, 6.07) is 14.6. The number of benzene rings is 2. The number of aliphatic hydroxyl groups is 1. The van der Waals surface area contributed by atoms with Gasteiger partial charge in [0.25, 0.3) is 0 Å². The molecule has 1 N–H and O–H groups in total. The minimum atomic E-state index is -0.494. The first-order valence-corrected chi connectivity index (χ1v) is 6.40. The fourth-order valence-electron chi connectivity index (χ4n) is 2.28. The van der Waals surface area contributed by atoms with Gasteiger partial charge in [0.2, 0.25) is 0 Å². The molecule has 20 heavy (non-hydrogen) atoms. The lowest BCUT2D eigenvalue weighted by atomic mass is 10.0. The van der Waals surface area contributed by atoms with Gasteiger partial charge < -0.3 is 14.6 Å². The number of carbonyl (C=O) groups is 1. The Morgan fingerprint density at radius 2 is 1.85 bits per heavy atom. The Labute approximate surface area is 116 Å². The highest BCUT2D eigenvalue weighted by molar-refractivity contribution is 5.76. The highest BCUT2D eigenvalue weighted by atomic mass is 16.6. The molecule has 102 valence electrons. The minimum absolute atomic E-state index is 0.162. The molecule has 3 rings (SSSR count). The molecule has 0 amide bonds. The molecule has 1 heterocycles. The number of aldehydes is 1. The molecular formula is C16H14O4. The molecule has 0 aromatic heterocycles. The molecule has 0 saturated heterocycles. The van der Waals surface area contributed by atoms with Crippen LogP contribution in [0.15, 0.2) is 48.5 Å². The van der Waals surface area contributed by atoms with Crippen molar-refractivity contribution in [3.05, 3.63) is 59.7 Å². The molecule has 0 radical (unpaired) electrons. The summed E-state index contributed by atoms with van der Waals surface area (Å²) >= 11 is 0. The van der Waals surface area contributed by atoms with Gasteiger partial charge in [-0.1, -0.05) is 30.3 Å². The van der Waals surface area contributed by atoms with Crippen molar-refractivity contribution in [2.75, 3.05) is 6.61 Å². The summed E-state index contributed by atoms with van der Waals surface area (Å²) in [7, 11) is 0. The molecule has 0 unspecified atom stereocenters. The number of aliphatic hydroxyl groups excluding tert-OH is 1. The number of rotatable bonds is 3. The van der Waals surface area contributed by atoms with E-state index in [9.17, 15) is 9.90 Å². The van der Waals surface area contributed by atoms with Gasteiger partial charge in [0, 0.05) is 5.56 Å². The first kappa shape index (κ1) is 12.7. The second-order valence-electron chi connectivity index (χ2n) is 4.61. The Morgan fingerprint density at radius 3 is 2.55 bits per heavy atom. The maximum atomic E-state index is 10.8. The van der Waals surface area contributed by atoms with Gasteiger partial charge in [0.1, 0.15) is 6.29 Å². The average molecular weight is 270 g/mol. The molecule has 0 fully saturated rings. The number of hydrogen-bond acceptors (Lipinski definition) is 4. The van der Waals surface area contributed by atoms with Gasteiger partial charge in [-0.15, -0.1) is 0 Å². The van der Waals surface area contributed by atoms with Crippen molar-refractivity contribution < 1.29 is 19.4 Å². The zero-order chi connectivity index (χ0) is 13.9. The number of carbonyl (C=O) groups excluding carboxylic acids is 1. The third-order valence-corrected chi connectivity index (χ3v) is 3.28. The molecule has 4 nitrogen and oxygen atoms in total. The summed E-state index contributed by atoms with van der Waals surface area (Å²) in [5.74, 6) is 1.06. The van der Waals surface area contributed by atoms with E-state index in [0.29, 0.717) is 17.1 Å². The summed E-state index contributed by atoms with van der Waals surface area (Å²) in [5.41, 5.74) is 1.46. The van der Waals surface area contributed by atoms with Crippen molar-refractivity contribution in [3.63, 3.8) is 0 Å². The average Bonchev–Trinajstić information content (AvgIpc) is 2.53. The first-order chi connectivity index (χ1) is 9.81. The standard InChI is InChI=1S/C16H14O4/c17-9-11-6-7-13-14(8-11)19-15(10-18)16(20-13)12-4-2-1-3-5-12/h1-9,15-16,18H,10H2/t15-,16-/m1/s1. The first-order valence-electron chi connectivity index (χ1n) is 6.40. The number of fused-ring (bicyclic) bond motifs is 1. The molecule has 2 aromatic rings. The lowest BCUT2D eigenvalue weighted by Crippen LogP contribution is -2.36. The van der Waals surface area contributed by atoms with Gasteiger partial charge >= 0.3 is 0 Å². The van der Waals surface area contributed by atoms with Crippen molar-refractivity contribution in [2.24, 2.45) is 0 Å². The van der Waals surface area contributed by atoms with Gasteiger partial charge in [-0.3, -0.25) is 4.79 Å². The summed E-state index contributed by atoms with van der Waals surface area (Å²) in [5, 5.41) is 9.50. The lowest BCUT2D eigenvalue weighted by molar-refractivity contribution is -0.0123. The van der Waals surface area contributed by atoms with E-state index in [0.717, 1.165) is 11.8 Å². The Hall–Kier alpha value is -2.33. The van der Waals surface area contributed by atoms with Crippen LogP contribution < -0.4 is 9.47 Å². The van der Waals surface area contributed by atoms with E-state index in [1.807, 2.05) is 30.3 Å². The Balaban J connectivity index is 1.96. The normalized spacial score (nSPS) is 20.4. The second kappa shape index (κ2) is 5.35. The zero-order valence-electron chi connectivity index (χ0n) is 10.7. The molecule has 2 atom stereocenters. The molecule has 0 bridgehead atoms. The van der Waals surface area contributed by atoms with E-state index in [1.165, 1.54) is 0 Å². The van der Waals surface area contributed by atoms with Crippen LogP contribution in [0.3, 0.4) is 0 Å². The topological polar surface area (TPSA) is 55.8 Å². The highest BCUT2D eigenvalue weighted by Crippen LogP contribution is 2.39. The van der Waals surface area contributed by atoms with E-state index in [4.69, 9.17) is 9.47 Å². The molecule has 1 aliphatic rings.